The quantitative estimate of drug-likeness (QED) is 0.498. The number of rotatable bonds is 1. The van der Waals surface area contributed by atoms with E-state index in [1.807, 2.05) is 0 Å². The Kier molecular flexibility index (Phi) is 1.58. The van der Waals surface area contributed by atoms with E-state index in [9.17, 15) is 10.1 Å². The van der Waals surface area contributed by atoms with Gasteiger partial charge in [-0.2, -0.15) is 4.98 Å². The van der Waals surface area contributed by atoms with Crippen molar-refractivity contribution in [3.63, 3.8) is 0 Å². The van der Waals surface area contributed by atoms with Crippen LogP contribution in [-0.4, -0.2) is 14.9 Å². The molecule has 0 saturated carbocycles. The van der Waals surface area contributed by atoms with E-state index in [4.69, 9.17) is 11.6 Å². The molecule has 0 saturated heterocycles. The highest BCUT2D eigenvalue weighted by Crippen LogP contribution is 2.15. The van der Waals surface area contributed by atoms with E-state index in [2.05, 4.69) is 9.97 Å². The normalized spacial score (nSPS) is 9.80. The second-order valence-corrected chi connectivity index (χ2v) is 2.08. The number of nitrogens with zero attached hydrogens (tertiary/aromatic N) is 2. The minimum Gasteiger partial charge on any atom is -0.358 e. The molecule has 6 heteroatoms. The lowest BCUT2D eigenvalue weighted by Crippen LogP contribution is -1.89. The Hall–Kier alpha value is -1.10. The van der Waals surface area contributed by atoms with Gasteiger partial charge in [-0.05, 0) is 23.4 Å². The van der Waals surface area contributed by atoms with Crippen LogP contribution in [0.4, 0.5) is 5.82 Å². The minimum absolute atomic E-state index is 0.0456. The van der Waals surface area contributed by atoms with Crippen LogP contribution in [0, 0.1) is 17.0 Å². The third kappa shape index (κ3) is 1.08. The van der Waals surface area contributed by atoms with Crippen molar-refractivity contribution < 1.29 is 4.92 Å². The van der Waals surface area contributed by atoms with Crippen molar-refractivity contribution in [2.75, 3.05) is 0 Å². The number of hydrogen-bond donors (Lipinski definition) is 1. The summed E-state index contributed by atoms with van der Waals surface area (Å²) in [6, 6.07) is 0. The van der Waals surface area contributed by atoms with Gasteiger partial charge in [-0.3, -0.25) is 0 Å². The van der Waals surface area contributed by atoms with E-state index in [1.165, 1.54) is 6.92 Å². The maximum absolute atomic E-state index is 10.1. The third-order valence-electron chi connectivity index (χ3n) is 1.01. The van der Waals surface area contributed by atoms with Crippen molar-refractivity contribution in [3.8, 4) is 0 Å². The molecule has 0 bridgehead atoms. The summed E-state index contributed by atoms with van der Waals surface area (Å²) >= 11 is 5.34. The minimum atomic E-state index is -0.561. The van der Waals surface area contributed by atoms with E-state index >= 15 is 0 Å². The molecule has 1 rings (SSSR count). The van der Waals surface area contributed by atoms with E-state index in [0.717, 1.165) is 0 Å². The van der Waals surface area contributed by atoms with Gasteiger partial charge in [-0.1, -0.05) is 0 Å². The fourth-order valence-corrected chi connectivity index (χ4v) is 0.810. The molecule has 0 radical (unpaired) electrons. The lowest BCUT2D eigenvalue weighted by molar-refractivity contribution is -0.389. The molecular formula is C4H4ClN3O2. The van der Waals surface area contributed by atoms with Crippen LogP contribution >= 0.6 is 11.6 Å². The number of aryl methyl sites for hydroxylation is 1. The summed E-state index contributed by atoms with van der Waals surface area (Å²) in [5.41, 5.74) is 0.301. The smallest absolute Gasteiger partial charge is 0.344 e. The Balaban J connectivity index is 3.15. The summed E-state index contributed by atoms with van der Waals surface area (Å²) in [5.74, 6) is -0.148. The van der Waals surface area contributed by atoms with Crippen molar-refractivity contribution >= 4 is 17.4 Å². The molecule has 0 aliphatic heterocycles. The summed E-state index contributed by atoms with van der Waals surface area (Å²) in [5, 5.41) is 10.2. The summed E-state index contributed by atoms with van der Waals surface area (Å²) in [4.78, 5) is 15.4. The van der Waals surface area contributed by atoms with Crippen molar-refractivity contribution in [1.82, 2.24) is 9.97 Å². The molecule has 54 valence electrons. The molecule has 0 aliphatic carbocycles. The number of H-pyrrole nitrogens is 1. The molecule has 0 spiro atoms. The zero-order valence-corrected chi connectivity index (χ0v) is 5.84. The van der Waals surface area contributed by atoms with Crippen LogP contribution in [0.1, 0.15) is 5.69 Å². The molecule has 1 heterocycles. The average Bonchev–Trinajstić information content (AvgIpc) is 2.10. The molecule has 5 nitrogen and oxygen atoms in total. The van der Waals surface area contributed by atoms with Gasteiger partial charge < -0.3 is 10.1 Å². The predicted molar refractivity (Wildman–Crippen MR) is 35.0 cm³/mol. The first kappa shape index (κ1) is 7.01. The lowest BCUT2D eigenvalue weighted by Gasteiger charge is -1.87. The average molecular weight is 162 g/mol. The fraction of sp³-hybridized carbons (Fsp3) is 0.250. The number of aromatic amines is 1. The van der Waals surface area contributed by atoms with Crippen molar-refractivity contribution in [1.29, 1.82) is 0 Å². The Labute approximate surface area is 61.2 Å². The molecule has 0 fully saturated rings. The first-order valence-corrected chi connectivity index (χ1v) is 2.85. The predicted octanol–water partition coefficient (Wildman–Crippen LogP) is 1.28. The molecule has 0 amide bonds. The van der Waals surface area contributed by atoms with Gasteiger partial charge in [0.25, 0.3) is 5.28 Å². The van der Waals surface area contributed by atoms with Crippen LogP contribution in [0.2, 0.25) is 5.28 Å². The summed E-state index contributed by atoms with van der Waals surface area (Å²) in [7, 11) is 0. The lowest BCUT2D eigenvalue weighted by atomic mass is 10.5. The Morgan fingerprint density at radius 2 is 2.40 bits per heavy atom. The fourth-order valence-electron chi connectivity index (χ4n) is 0.594. The zero-order chi connectivity index (χ0) is 7.72. The molecule has 0 atom stereocenters. The summed E-state index contributed by atoms with van der Waals surface area (Å²) < 4.78 is 0. The standard InChI is InChI=1S/C4H4ClN3O2/c1-2-3(8(9)10)7-4(5)6-2/h1H3,(H,6,7). The molecule has 1 aromatic rings. The van der Waals surface area contributed by atoms with Crippen LogP contribution in [0.25, 0.3) is 0 Å². The maximum Gasteiger partial charge on any atom is 0.344 e. The van der Waals surface area contributed by atoms with Gasteiger partial charge in [0.1, 0.15) is 5.69 Å². The molecule has 1 N–H and O–H groups in total. The highest BCUT2D eigenvalue weighted by Gasteiger charge is 2.13. The first-order valence-electron chi connectivity index (χ1n) is 2.47. The summed E-state index contributed by atoms with van der Waals surface area (Å²) in [6.07, 6.45) is 0. The Morgan fingerprint density at radius 3 is 2.60 bits per heavy atom. The van der Waals surface area contributed by atoms with Gasteiger partial charge in [0.2, 0.25) is 0 Å². The van der Waals surface area contributed by atoms with Crippen LogP contribution in [0.5, 0.6) is 0 Å². The number of hydrogen-bond acceptors (Lipinski definition) is 3. The molecule has 1 aromatic heterocycles. The van der Waals surface area contributed by atoms with E-state index in [-0.39, 0.29) is 11.1 Å². The van der Waals surface area contributed by atoms with Gasteiger partial charge in [0.15, 0.2) is 0 Å². The van der Waals surface area contributed by atoms with Gasteiger partial charge >= 0.3 is 5.82 Å². The van der Waals surface area contributed by atoms with Crippen LogP contribution in [0.15, 0.2) is 0 Å². The van der Waals surface area contributed by atoms with E-state index < -0.39 is 4.92 Å². The first-order chi connectivity index (χ1) is 4.61. The van der Waals surface area contributed by atoms with Gasteiger partial charge in [-0.25, -0.2) is 4.98 Å². The van der Waals surface area contributed by atoms with Gasteiger partial charge in [0.05, 0.1) is 0 Å². The Bertz CT molecular complexity index is 269. The highest BCUT2D eigenvalue weighted by molar-refractivity contribution is 6.28. The monoisotopic (exact) mass is 161 g/mol. The van der Waals surface area contributed by atoms with Crippen LogP contribution in [-0.2, 0) is 0 Å². The number of nitro groups is 1. The summed E-state index contributed by atoms with van der Waals surface area (Å²) in [6.45, 7) is 1.51. The second-order valence-electron chi connectivity index (χ2n) is 1.72. The SMILES string of the molecule is Cc1nc(Cl)[nH]c1[N+](=O)[O-]. The van der Waals surface area contributed by atoms with Crippen molar-refractivity contribution in [2.45, 2.75) is 6.92 Å². The Morgan fingerprint density at radius 1 is 1.80 bits per heavy atom. The molecule has 0 aliphatic rings. The number of nitrogens with one attached hydrogen (secondary N) is 1. The van der Waals surface area contributed by atoms with Gasteiger partial charge in [0, 0.05) is 0 Å². The molecule has 10 heavy (non-hydrogen) atoms. The maximum atomic E-state index is 10.1. The van der Waals surface area contributed by atoms with Crippen molar-refractivity contribution in [3.05, 3.63) is 21.1 Å². The number of halogens is 1. The van der Waals surface area contributed by atoms with Crippen molar-refractivity contribution in [2.24, 2.45) is 0 Å². The topological polar surface area (TPSA) is 71.8 Å². The zero-order valence-electron chi connectivity index (χ0n) is 5.09. The second kappa shape index (κ2) is 2.26. The van der Waals surface area contributed by atoms with E-state index in [0.29, 0.717) is 5.69 Å². The van der Waals surface area contributed by atoms with Crippen LogP contribution in [0.3, 0.4) is 0 Å². The number of imidazole rings is 1. The van der Waals surface area contributed by atoms with E-state index in [1.54, 1.807) is 0 Å². The molecule has 0 aromatic carbocycles. The largest absolute Gasteiger partial charge is 0.358 e. The third-order valence-corrected chi connectivity index (χ3v) is 1.19. The van der Waals surface area contributed by atoms with Crippen LogP contribution < -0.4 is 0 Å². The molecule has 0 unspecified atom stereocenters. The number of aromatic nitrogens is 2. The van der Waals surface area contributed by atoms with Gasteiger partial charge in [-0.15, -0.1) is 0 Å². The molecular weight excluding hydrogens is 158 g/mol. The highest BCUT2D eigenvalue weighted by atomic mass is 35.5.